The SMILES string of the molecule is CC(=O)OCC1CCC(Oc2cccc3onc(OCC4CCN(C(=O)OC(C)(C)C)CC4)c23)CC1. The summed E-state index contributed by atoms with van der Waals surface area (Å²) < 4.78 is 28.6. The molecule has 1 amide bonds. The maximum atomic E-state index is 12.3. The minimum absolute atomic E-state index is 0.0871. The van der Waals surface area contributed by atoms with E-state index in [1.165, 1.54) is 6.92 Å². The number of likely N-dealkylation sites (tertiary alicyclic amines) is 1. The van der Waals surface area contributed by atoms with E-state index in [9.17, 15) is 9.59 Å². The molecule has 2 aliphatic rings. The number of hydrogen-bond acceptors (Lipinski definition) is 8. The lowest BCUT2D eigenvalue weighted by atomic mass is 9.88. The summed E-state index contributed by atoms with van der Waals surface area (Å²) in [5, 5.41) is 4.91. The molecule has 0 unspecified atom stereocenters. The Morgan fingerprint density at radius 3 is 2.39 bits per heavy atom. The Morgan fingerprint density at radius 2 is 1.72 bits per heavy atom. The quantitative estimate of drug-likeness (QED) is 0.467. The van der Waals surface area contributed by atoms with Gasteiger partial charge >= 0.3 is 12.1 Å². The molecule has 1 aromatic carbocycles. The molecule has 0 bridgehead atoms. The molecule has 0 N–H and O–H groups in total. The summed E-state index contributed by atoms with van der Waals surface area (Å²) in [5.74, 6) is 1.64. The number of amides is 1. The molecule has 2 aromatic rings. The van der Waals surface area contributed by atoms with Gasteiger partial charge in [0.1, 0.15) is 16.7 Å². The minimum atomic E-state index is -0.492. The van der Waals surface area contributed by atoms with Gasteiger partial charge < -0.3 is 28.4 Å². The summed E-state index contributed by atoms with van der Waals surface area (Å²) in [4.78, 5) is 25.1. The average Bonchev–Trinajstić information content (AvgIpc) is 3.26. The summed E-state index contributed by atoms with van der Waals surface area (Å²) in [6, 6.07) is 5.68. The van der Waals surface area contributed by atoms with E-state index < -0.39 is 5.60 Å². The summed E-state index contributed by atoms with van der Waals surface area (Å²) in [6.07, 6.45) is 5.24. The van der Waals surface area contributed by atoms with E-state index in [-0.39, 0.29) is 18.2 Å². The Kier molecular flexibility index (Phi) is 8.26. The third-order valence-corrected chi connectivity index (χ3v) is 6.76. The standard InChI is InChI=1S/C27H38N2O7/c1-18(30)32-16-19-8-10-21(11-9-19)34-22-6-5-7-23-24(22)25(28-36-23)33-17-20-12-14-29(15-13-20)26(31)35-27(2,3)4/h5-7,19-21H,8-17H2,1-4H3. The maximum Gasteiger partial charge on any atom is 0.410 e. The maximum absolute atomic E-state index is 12.3. The average molecular weight is 503 g/mol. The Labute approximate surface area is 212 Å². The molecule has 0 spiro atoms. The fourth-order valence-electron chi connectivity index (χ4n) is 4.77. The van der Waals surface area contributed by atoms with Crippen LogP contribution in [0.3, 0.4) is 0 Å². The van der Waals surface area contributed by atoms with Crippen LogP contribution in [-0.4, -0.2) is 60.1 Å². The number of esters is 1. The lowest BCUT2D eigenvalue weighted by Crippen LogP contribution is -2.42. The van der Waals surface area contributed by atoms with Crippen molar-refractivity contribution in [3.63, 3.8) is 0 Å². The van der Waals surface area contributed by atoms with Gasteiger partial charge in [-0.1, -0.05) is 6.07 Å². The lowest BCUT2D eigenvalue weighted by Gasteiger charge is -2.33. The van der Waals surface area contributed by atoms with Gasteiger partial charge in [-0.05, 0) is 88.4 Å². The van der Waals surface area contributed by atoms with Crippen LogP contribution < -0.4 is 9.47 Å². The van der Waals surface area contributed by atoms with Crippen molar-refractivity contribution in [2.24, 2.45) is 11.8 Å². The number of aromatic nitrogens is 1. The van der Waals surface area contributed by atoms with Gasteiger partial charge in [0, 0.05) is 20.0 Å². The molecule has 2 fully saturated rings. The Hall–Kier alpha value is -2.97. The van der Waals surface area contributed by atoms with Crippen molar-refractivity contribution in [2.45, 2.75) is 77.9 Å². The molecule has 2 heterocycles. The normalized spacial score (nSPS) is 21.3. The second-order valence-electron chi connectivity index (χ2n) is 10.9. The van der Waals surface area contributed by atoms with E-state index in [1.807, 2.05) is 39.0 Å². The van der Waals surface area contributed by atoms with Crippen molar-refractivity contribution in [1.82, 2.24) is 10.1 Å². The summed E-state index contributed by atoms with van der Waals surface area (Å²) in [5.41, 5.74) is 0.138. The van der Waals surface area contributed by atoms with Gasteiger partial charge in [-0.2, -0.15) is 0 Å². The van der Waals surface area contributed by atoms with Crippen LogP contribution in [0.15, 0.2) is 22.7 Å². The van der Waals surface area contributed by atoms with Crippen molar-refractivity contribution in [3.05, 3.63) is 18.2 Å². The molecular formula is C27H38N2O7. The molecule has 1 aliphatic heterocycles. The predicted molar refractivity (Wildman–Crippen MR) is 133 cm³/mol. The Morgan fingerprint density at radius 1 is 1.03 bits per heavy atom. The fourth-order valence-corrected chi connectivity index (χ4v) is 4.77. The topological polar surface area (TPSA) is 100 Å². The molecule has 0 radical (unpaired) electrons. The fraction of sp³-hybridized carbons (Fsp3) is 0.667. The predicted octanol–water partition coefficient (Wildman–Crippen LogP) is 5.35. The van der Waals surface area contributed by atoms with Crippen LogP contribution in [0.2, 0.25) is 0 Å². The van der Waals surface area contributed by atoms with Crippen LogP contribution in [-0.2, 0) is 14.3 Å². The van der Waals surface area contributed by atoms with E-state index in [0.29, 0.717) is 55.4 Å². The number of benzene rings is 1. The molecule has 4 rings (SSSR count). The monoisotopic (exact) mass is 502 g/mol. The van der Waals surface area contributed by atoms with E-state index in [4.69, 9.17) is 23.5 Å². The van der Waals surface area contributed by atoms with Gasteiger partial charge in [0.05, 0.1) is 19.3 Å². The zero-order valence-electron chi connectivity index (χ0n) is 21.8. The van der Waals surface area contributed by atoms with Crippen molar-refractivity contribution in [2.75, 3.05) is 26.3 Å². The van der Waals surface area contributed by atoms with E-state index in [0.717, 1.165) is 43.9 Å². The number of fused-ring (bicyclic) bond motifs is 1. The zero-order valence-corrected chi connectivity index (χ0v) is 21.8. The highest BCUT2D eigenvalue weighted by molar-refractivity contribution is 5.88. The summed E-state index contributed by atoms with van der Waals surface area (Å²) in [6.45, 7) is 9.36. The van der Waals surface area contributed by atoms with Gasteiger partial charge in [-0.3, -0.25) is 4.79 Å². The highest BCUT2D eigenvalue weighted by Gasteiger charge is 2.28. The van der Waals surface area contributed by atoms with Crippen molar-refractivity contribution >= 4 is 23.0 Å². The number of ether oxygens (including phenoxy) is 4. The number of rotatable bonds is 7. The van der Waals surface area contributed by atoms with Crippen LogP contribution in [0.1, 0.15) is 66.2 Å². The molecule has 198 valence electrons. The number of carbonyl (C=O) groups excluding carboxylic acids is 2. The van der Waals surface area contributed by atoms with Gasteiger partial charge in [0.25, 0.3) is 5.88 Å². The smallest absolute Gasteiger partial charge is 0.410 e. The van der Waals surface area contributed by atoms with Gasteiger partial charge in [0.15, 0.2) is 5.58 Å². The second kappa shape index (κ2) is 11.4. The molecule has 0 atom stereocenters. The molecule has 1 saturated carbocycles. The van der Waals surface area contributed by atoms with Crippen LogP contribution in [0, 0.1) is 11.8 Å². The van der Waals surface area contributed by atoms with Gasteiger partial charge in [-0.25, -0.2) is 4.79 Å². The zero-order chi connectivity index (χ0) is 25.7. The highest BCUT2D eigenvalue weighted by atomic mass is 16.6. The molecule has 1 saturated heterocycles. The van der Waals surface area contributed by atoms with Crippen molar-refractivity contribution in [1.29, 1.82) is 0 Å². The van der Waals surface area contributed by atoms with Crippen molar-refractivity contribution in [3.8, 4) is 11.6 Å². The summed E-state index contributed by atoms with van der Waals surface area (Å²) >= 11 is 0. The van der Waals surface area contributed by atoms with E-state index in [1.54, 1.807) is 4.90 Å². The Balaban J connectivity index is 1.30. The molecule has 1 aromatic heterocycles. The number of piperidine rings is 1. The third kappa shape index (κ3) is 7.04. The second-order valence-corrected chi connectivity index (χ2v) is 10.9. The lowest BCUT2D eigenvalue weighted by molar-refractivity contribution is -0.142. The van der Waals surface area contributed by atoms with Gasteiger partial charge in [0.2, 0.25) is 0 Å². The van der Waals surface area contributed by atoms with E-state index >= 15 is 0 Å². The first-order valence-electron chi connectivity index (χ1n) is 13.0. The summed E-state index contributed by atoms with van der Waals surface area (Å²) in [7, 11) is 0. The first kappa shape index (κ1) is 26.1. The highest BCUT2D eigenvalue weighted by Crippen LogP contribution is 2.37. The number of nitrogens with zero attached hydrogens (tertiary/aromatic N) is 2. The van der Waals surface area contributed by atoms with Crippen LogP contribution in [0.4, 0.5) is 4.79 Å². The first-order chi connectivity index (χ1) is 17.2. The van der Waals surface area contributed by atoms with Crippen molar-refractivity contribution < 1.29 is 33.1 Å². The molecule has 9 heteroatoms. The van der Waals surface area contributed by atoms with E-state index in [2.05, 4.69) is 5.16 Å². The van der Waals surface area contributed by atoms with Gasteiger partial charge in [-0.15, -0.1) is 0 Å². The minimum Gasteiger partial charge on any atom is -0.489 e. The molecule has 1 aliphatic carbocycles. The largest absolute Gasteiger partial charge is 0.489 e. The van der Waals surface area contributed by atoms with Crippen LogP contribution >= 0.6 is 0 Å². The number of hydrogen-bond donors (Lipinski definition) is 0. The number of carbonyl (C=O) groups is 2. The van der Waals surface area contributed by atoms with Crippen LogP contribution in [0.25, 0.3) is 11.0 Å². The molecule has 36 heavy (non-hydrogen) atoms. The third-order valence-electron chi connectivity index (χ3n) is 6.76. The molecule has 9 nitrogen and oxygen atoms in total. The first-order valence-corrected chi connectivity index (χ1v) is 13.0. The Bertz CT molecular complexity index is 1030. The van der Waals surface area contributed by atoms with Crippen LogP contribution in [0.5, 0.6) is 11.6 Å². The molecular weight excluding hydrogens is 464 g/mol.